The normalized spacial score (nSPS) is 12.4. The van der Waals surface area contributed by atoms with E-state index in [9.17, 15) is 13.2 Å². The topological polar surface area (TPSA) is 75.7 Å². The number of halogens is 1. The van der Waals surface area contributed by atoms with Gasteiger partial charge in [0.1, 0.15) is 5.75 Å². The first kappa shape index (κ1) is 25.9. The third-order valence-electron chi connectivity index (χ3n) is 5.33. The summed E-state index contributed by atoms with van der Waals surface area (Å²) >= 11 is 3.44. The van der Waals surface area contributed by atoms with Crippen molar-refractivity contribution in [2.45, 2.75) is 38.3 Å². The van der Waals surface area contributed by atoms with Gasteiger partial charge in [-0.1, -0.05) is 58.4 Å². The van der Waals surface area contributed by atoms with Gasteiger partial charge in [0.05, 0.1) is 24.1 Å². The molecular weight excluding hydrogens is 516 g/mol. The van der Waals surface area contributed by atoms with Gasteiger partial charge in [0.25, 0.3) is 0 Å². The Kier molecular flexibility index (Phi) is 8.88. The molecule has 0 saturated carbocycles. The van der Waals surface area contributed by atoms with Crippen LogP contribution in [0.2, 0.25) is 0 Å². The number of hydrogen-bond donors (Lipinski definition) is 1. The minimum absolute atomic E-state index is 0.0775. The van der Waals surface area contributed by atoms with Crippen LogP contribution in [0.1, 0.15) is 36.6 Å². The number of rotatable bonds is 10. The maximum absolute atomic E-state index is 13.6. The Bertz CT molecular complexity index is 1230. The van der Waals surface area contributed by atoms with Crippen molar-refractivity contribution in [3.05, 3.63) is 94.0 Å². The summed E-state index contributed by atoms with van der Waals surface area (Å²) < 4.78 is 34.8. The summed E-state index contributed by atoms with van der Waals surface area (Å²) in [6.07, 6.45) is 0. The van der Waals surface area contributed by atoms with E-state index in [-0.39, 0.29) is 29.9 Å². The van der Waals surface area contributed by atoms with Crippen LogP contribution in [-0.4, -0.2) is 31.8 Å². The molecule has 0 heterocycles. The van der Waals surface area contributed by atoms with Crippen molar-refractivity contribution >= 4 is 31.9 Å². The van der Waals surface area contributed by atoms with Gasteiger partial charge in [-0.3, -0.25) is 4.79 Å². The lowest BCUT2D eigenvalue weighted by Gasteiger charge is -2.24. The third kappa shape index (κ3) is 6.68. The van der Waals surface area contributed by atoms with Gasteiger partial charge in [0.2, 0.25) is 15.9 Å². The molecule has 0 aliphatic rings. The minimum atomic E-state index is -3.95. The molecule has 6 nitrogen and oxygen atoms in total. The first-order chi connectivity index (χ1) is 16.2. The number of aryl methyl sites for hydroxylation is 1. The molecule has 3 aromatic carbocycles. The summed E-state index contributed by atoms with van der Waals surface area (Å²) in [5, 5.41) is 2.91. The monoisotopic (exact) mass is 544 g/mol. The van der Waals surface area contributed by atoms with Crippen LogP contribution in [0.5, 0.6) is 5.75 Å². The Morgan fingerprint density at radius 1 is 1.06 bits per heavy atom. The van der Waals surface area contributed by atoms with E-state index in [1.807, 2.05) is 68.4 Å². The molecule has 0 aromatic heterocycles. The van der Waals surface area contributed by atoms with Crippen molar-refractivity contribution in [3.8, 4) is 5.75 Å². The molecule has 0 fully saturated rings. The standard InChI is InChI=1S/C26H29BrN2O4S/c1-4-33-25-14-13-24(15-19(25)2)34(31,32)29(17-21-9-6-5-7-10-21)18-26(30)28-20(3)22-11-8-12-23(27)16-22/h5-16,20H,4,17-18H2,1-3H3,(H,28,30)/t20-/m1/s1. The summed E-state index contributed by atoms with van der Waals surface area (Å²) in [5.41, 5.74) is 2.43. The average Bonchev–Trinajstić information content (AvgIpc) is 2.80. The van der Waals surface area contributed by atoms with Crippen LogP contribution >= 0.6 is 15.9 Å². The molecule has 8 heteroatoms. The van der Waals surface area contributed by atoms with Crippen molar-refractivity contribution in [1.29, 1.82) is 0 Å². The van der Waals surface area contributed by atoms with Gasteiger partial charge in [-0.15, -0.1) is 0 Å². The number of carbonyl (C=O) groups is 1. The van der Waals surface area contributed by atoms with Crippen LogP contribution in [0, 0.1) is 6.92 Å². The minimum Gasteiger partial charge on any atom is -0.494 e. The number of hydrogen-bond acceptors (Lipinski definition) is 4. The summed E-state index contributed by atoms with van der Waals surface area (Å²) in [7, 11) is -3.95. The fourth-order valence-electron chi connectivity index (χ4n) is 3.57. The van der Waals surface area contributed by atoms with Crippen LogP contribution in [0.3, 0.4) is 0 Å². The van der Waals surface area contributed by atoms with E-state index >= 15 is 0 Å². The molecule has 3 rings (SSSR count). The first-order valence-electron chi connectivity index (χ1n) is 11.0. The second-order valence-electron chi connectivity index (χ2n) is 7.96. The molecule has 0 spiro atoms. The molecule has 34 heavy (non-hydrogen) atoms. The van der Waals surface area contributed by atoms with Crippen molar-refractivity contribution in [2.75, 3.05) is 13.2 Å². The van der Waals surface area contributed by atoms with Crippen LogP contribution < -0.4 is 10.1 Å². The van der Waals surface area contributed by atoms with Gasteiger partial charge in [-0.2, -0.15) is 4.31 Å². The molecule has 1 amide bonds. The molecule has 1 N–H and O–H groups in total. The van der Waals surface area contributed by atoms with Gasteiger partial charge in [-0.05, 0) is 67.8 Å². The highest BCUT2D eigenvalue weighted by Crippen LogP contribution is 2.25. The largest absolute Gasteiger partial charge is 0.494 e. The second-order valence-corrected chi connectivity index (χ2v) is 10.8. The summed E-state index contributed by atoms with van der Waals surface area (Å²) in [5.74, 6) is 0.256. The molecular formula is C26H29BrN2O4S. The molecule has 0 aliphatic heterocycles. The number of benzene rings is 3. The summed E-state index contributed by atoms with van der Waals surface area (Å²) in [6.45, 7) is 5.81. The van der Waals surface area contributed by atoms with Crippen LogP contribution in [0.15, 0.2) is 82.2 Å². The smallest absolute Gasteiger partial charge is 0.243 e. The van der Waals surface area contributed by atoms with Crippen molar-refractivity contribution < 1.29 is 17.9 Å². The van der Waals surface area contributed by atoms with Gasteiger partial charge < -0.3 is 10.1 Å². The van der Waals surface area contributed by atoms with E-state index in [0.717, 1.165) is 21.2 Å². The third-order valence-corrected chi connectivity index (χ3v) is 7.61. The van der Waals surface area contributed by atoms with Crippen LogP contribution in [0.4, 0.5) is 0 Å². The van der Waals surface area contributed by atoms with Crippen molar-refractivity contribution in [3.63, 3.8) is 0 Å². The van der Waals surface area contributed by atoms with E-state index in [1.54, 1.807) is 19.1 Å². The highest BCUT2D eigenvalue weighted by Gasteiger charge is 2.28. The molecule has 180 valence electrons. The molecule has 1 atom stereocenters. The number of nitrogens with one attached hydrogen (secondary N) is 1. The number of ether oxygens (including phenoxy) is 1. The SMILES string of the molecule is CCOc1ccc(S(=O)(=O)N(CC(=O)N[C@H](C)c2cccc(Br)c2)Cc2ccccc2)cc1C. The molecule has 0 unspecified atom stereocenters. The van der Waals surface area contributed by atoms with Crippen molar-refractivity contribution in [2.24, 2.45) is 0 Å². The predicted molar refractivity (Wildman–Crippen MR) is 137 cm³/mol. The highest BCUT2D eigenvalue weighted by atomic mass is 79.9. The number of nitrogens with zero attached hydrogens (tertiary/aromatic N) is 1. The maximum Gasteiger partial charge on any atom is 0.243 e. The first-order valence-corrected chi connectivity index (χ1v) is 13.3. The van der Waals surface area contributed by atoms with E-state index in [0.29, 0.717) is 12.4 Å². The second kappa shape index (κ2) is 11.6. The van der Waals surface area contributed by atoms with E-state index in [4.69, 9.17) is 4.74 Å². The zero-order chi connectivity index (χ0) is 24.7. The van der Waals surface area contributed by atoms with Crippen LogP contribution in [-0.2, 0) is 21.4 Å². The highest BCUT2D eigenvalue weighted by molar-refractivity contribution is 9.10. The van der Waals surface area contributed by atoms with E-state index in [2.05, 4.69) is 21.2 Å². The summed E-state index contributed by atoms with van der Waals surface area (Å²) in [6, 6.07) is 21.4. The maximum atomic E-state index is 13.6. The molecule has 0 saturated heterocycles. The van der Waals surface area contributed by atoms with Gasteiger partial charge in [-0.25, -0.2) is 8.42 Å². The Hall–Kier alpha value is -2.68. The lowest BCUT2D eigenvalue weighted by atomic mass is 10.1. The Morgan fingerprint density at radius 2 is 1.79 bits per heavy atom. The van der Waals surface area contributed by atoms with E-state index in [1.165, 1.54) is 10.4 Å². The zero-order valence-electron chi connectivity index (χ0n) is 19.5. The van der Waals surface area contributed by atoms with Crippen LogP contribution in [0.25, 0.3) is 0 Å². The molecule has 0 aliphatic carbocycles. The average molecular weight is 545 g/mol. The number of carbonyl (C=O) groups excluding carboxylic acids is 1. The van der Waals surface area contributed by atoms with E-state index < -0.39 is 10.0 Å². The molecule has 0 bridgehead atoms. The summed E-state index contributed by atoms with van der Waals surface area (Å²) in [4.78, 5) is 13.1. The lowest BCUT2D eigenvalue weighted by molar-refractivity contribution is -0.122. The quantitative estimate of drug-likeness (QED) is 0.379. The van der Waals surface area contributed by atoms with Gasteiger partial charge >= 0.3 is 0 Å². The molecule has 0 radical (unpaired) electrons. The predicted octanol–water partition coefficient (Wildman–Crippen LogP) is 5.22. The van der Waals surface area contributed by atoms with Gasteiger partial charge in [0.15, 0.2) is 0 Å². The Balaban J connectivity index is 1.85. The molecule has 3 aromatic rings. The zero-order valence-corrected chi connectivity index (χ0v) is 21.9. The van der Waals surface area contributed by atoms with Gasteiger partial charge in [0, 0.05) is 11.0 Å². The fourth-order valence-corrected chi connectivity index (χ4v) is 5.46. The lowest BCUT2D eigenvalue weighted by Crippen LogP contribution is -2.41. The Morgan fingerprint density at radius 3 is 2.44 bits per heavy atom. The fraction of sp³-hybridized carbons (Fsp3) is 0.269. The Labute approximate surface area is 210 Å². The van der Waals surface area contributed by atoms with Crippen molar-refractivity contribution in [1.82, 2.24) is 9.62 Å². The number of sulfonamides is 1. The number of amides is 1.